The summed E-state index contributed by atoms with van der Waals surface area (Å²) in [6.45, 7) is -0.0823. The first-order valence-corrected chi connectivity index (χ1v) is 11.8. The second kappa shape index (κ2) is 10.9. The van der Waals surface area contributed by atoms with Gasteiger partial charge in [0.15, 0.2) is 0 Å². The summed E-state index contributed by atoms with van der Waals surface area (Å²) in [4.78, 5) is 27.2. The van der Waals surface area contributed by atoms with Crippen LogP contribution in [0.15, 0.2) is 71.7 Å². The Morgan fingerprint density at radius 3 is 2.15 bits per heavy atom. The normalized spacial score (nSPS) is 12.6. The van der Waals surface area contributed by atoms with Crippen molar-refractivity contribution in [2.24, 2.45) is 12.0 Å². The fourth-order valence-corrected chi connectivity index (χ4v) is 4.08. The van der Waals surface area contributed by atoms with Crippen molar-refractivity contribution in [3.63, 3.8) is 0 Å². The first-order chi connectivity index (χ1) is 18.7. The van der Waals surface area contributed by atoms with Crippen LogP contribution in [-0.2, 0) is 30.7 Å². The lowest BCUT2D eigenvalue weighted by Crippen LogP contribution is -2.26. The minimum absolute atomic E-state index is 0.0165. The van der Waals surface area contributed by atoms with Gasteiger partial charge in [-0.05, 0) is 54.1 Å². The van der Waals surface area contributed by atoms with Crippen LogP contribution in [0.1, 0.15) is 33.5 Å². The molecule has 4 rings (SSSR count). The van der Waals surface area contributed by atoms with Gasteiger partial charge in [-0.25, -0.2) is 4.99 Å². The van der Waals surface area contributed by atoms with Gasteiger partial charge in [-0.2, -0.15) is 26.3 Å². The third kappa shape index (κ3) is 6.35. The van der Waals surface area contributed by atoms with Crippen molar-refractivity contribution >= 4 is 28.6 Å². The van der Waals surface area contributed by atoms with Gasteiger partial charge < -0.3 is 19.6 Å². The molecule has 13 heteroatoms. The molecule has 0 saturated carbocycles. The van der Waals surface area contributed by atoms with Crippen LogP contribution in [0.25, 0.3) is 11.0 Å². The van der Waals surface area contributed by atoms with E-state index in [1.165, 1.54) is 39.5 Å². The lowest BCUT2D eigenvalue weighted by Gasteiger charge is -2.10. The number of halogens is 6. The predicted octanol–water partition coefficient (Wildman–Crippen LogP) is 5.50. The number of carboxylic acid groups (broad SMARTS) is 1. The number of carbonyl (C=O) groups is 2. The van der Waals surface area contributed by atoms with Gasteiger partial charge in [0.05, 0.1) is 40.8 Å². The molecule has 0 bridgehead atoms. The number of fused-ring (bicyclic) bond motifs is 1. The summed E-state index contributed by atoms with van der Waals surface area (Å²) in [5.74, 6) is -1.57. The van der Waals surface area contributed by atoms with Crippen molar-refractivity contribution in [1.82, 2.24) is 14.5 Å². The number of hydrogen-bond acceptors (Lipinski definition) is 3. The lowest BCUT2D eigenvalue weighted by molar-refractivity contribution is -0.138. The van der Waals surface area contributed by atoms with Crippen molar-refractivity contribution < 1.29 is 41.0 Å². The summed E-state index contributed by atoms with van der Waals surface area (Å²) in [5.41, 5.74) is -0.438. The number of benzene rings is 3. The number of alkyl halides is 6. The van der Waals surface area contributed by atoms with Crippen LogP contribution >= 0.6 is 0 Å². The number of carboxylic acids is 1. The molecule has 40 heavy (non-hydrogen) atoms. The van der Waals surface area contributed by atoms with Crippen molar-refractivity contribution in [3.05, 3.63) is 94.6 Å². The highest BCUT2D eigenvalue weighted by molar-refractivity contribution is 5.94. The highest BCUT2D eigenvalue weighted by Gasteiger charge is 2.32. The fraction of sp³-hybridized carbons (Fsp3) is 0.222. The van der Waals surface area contributed by atoms with Gasteiger partial charge in [0.1, 0.15) is 0 Å². The van der Waals surface area contributed by atoms with E-state index in [4.69, 9.17) is 5.11 Å². The molecule has 0 fully saturated rings. The summed E-state index contributed by atoms with van der Waals surface area (Å²) in [5, 5.41) is 11.2. The van der Waals surface area contributed by atoms with Crippen LogP contribution in [0, 0.1) is 0 Å². The average Bonchev–Trinajstić information content (AvgIpc) is 3.13. The topological polar surface area (TPSA) is 88.6 Å². The molecule has 0 aliphatic rings. The van der Waals surface area contributed by atoms with E-state index in [1.54, 1.807) is 19.2 Å². The third-order valence-electron chi connectivity index (χ3n) is 6.08. The first-order valence-electron chi connectivity index (χ1n) is 11.8. The Morgan fingerprint density at radius 1 is 0.875 bits per heavy atom. The van der Waals surface area contributed by atoms with Crippen molar-refractivity contribution in [3.8, 4) is 0 Å². The lowest BCUT2D eigenvalue weighted by atomic mass is 10.1. The molecule has 4 aromatic rings. The van der Waals surface area contributed by atoms with E-state index in [0.717, 1.165) is 24.3 Å². The molecular weight excluding hydrogens is 542 g/mol. The quantitative estimate of drug-likeness (QED) is 0.291. The van der Waals surface area contributed by atoms with E-state index >= 15 is 0 Å². The zero-order chi connectivity index (χ0) is 29.2. The number of carbonyl (C=O) groups excluding carboxylic acids is 1. The molecule has 0 aliphatic heterocycles. The van der Waals surface area contributed by atoms with Gasteiger partial charge in [-0.15, -0.1) is 0 Å². The van der Waals surface area contributed by atoms with Gasteiger partial charge in [0, 0.05) is 19.2 Å². The maximum absolute atomic E-state index is 13.5. The van der Waals surface area contributed by atoms with E-state index in [9.17, 15) is 35.9 Å². The van der Waals surface area contributed by atoms with E-state index < -0.39 is 35.4 Å². The number of aryl methyl sites for hydroxylation is 1. The Bertz CT molecular complexity index is 1630. The van der Waals surface area contributed by atoms with Gasteiger partial charge in [0.25, 0.3) is 5.91 Å². The number of hydrogen-bond donors (Lipinski definition) is 2. The second-order valence-electron chi connectivity index (χ2n) is 8.90. The van der Waals surface area contributed by atoms with E-state index in [2.05, 4.69) is 10.3 Å². The number of imidazole rings is 1. The molecule has 0 saturated heterocycles. The Hall–Kier alpha value is -4.55. The van der Waals surface area contributed by atoms with Crippen LogP contribution in [0.2, 0.25) is 0 Å². The molecule has 1 aromatic heterocycles. The first kappa shape index (κ1) is 28.5. The van der Waals surface area contributed by atoms with Crippen LogP contribution in [-0.4, -0.2) is 32.7 Å². The zero-order valence-corrected chi connectivity index (χ0v) is 20.8. The van der Waals surface area contributed by atoms with Gasteiger partial charge in [-0.3, -0.25) is 9.59 Å². The zero-order valence-electron chi connectivity index (χ0n) is 20.8. The largest absolute Gasteiger partial charge is 0.481 e. The van der Waals surface area contributed by atoms with Gasteiger partial charge in [-0.1, -0.05) is 18.2 Å². The summed E-state index contributed by atoms with van der Waals surface area (Å²) < 4.78 is 83.3. The Labute approximate surface area is 223 Å². The summed E-state index contributed by atoms with van der Waals surface area (Å²) >= 11 is 0. The molecule has 0 unspecified atom stereocenters. The number of amides is 1. The highest BCUT2D eigenvalue weighted by atomic mass is 19.4. The van der Waals surface area contributed by atoms with Crippen molar-refractivity contribution in [1.29, 1.82) is 0 Å². The Balaban J connectivity index is 1.79. The smallest absolute Gasteiger partial charge is 0.416 e. The van der Waals surface area contributed by atoms with Crippen molar-refractivity contribution in [2.45, 2.75) is 25.3 Å². The molecule has 3 aromatic carbocycles. The maximum atomic E-state index is 13.5. The standard InChI is InChI=1S/C27H22F6N4O3/c1-36-21-10-9-19(27(31,32)33)14-22(21)37(25(36)35-20-4-2-3-18(13-20)26(28,29)30)15-16-5-7-17(8-6-16)24(40)34-12-11-23(38)39/h2-10,13-14H,11-12,15H2,1H3,(H,34,40)(H,38,39). The SMILES string of the molecule is Cn1c(=Nc2cccc(C(F)(F)F)c2)n(Cc2ccc(C(=O)NCCC(=O)O)cc2)c2cc(C(F)(F)F)ccc21. The van der Waals surface area contributed by atoms with Gasteiger partial charge in [0.2, 0.25) is 5.62 Å². The molecule has 210 valence electrons. The molecule has 0 radical (unpaired) electrons. The number of rotatable bonds is 7. The summed E-state index contributed by atoms with van der Waals surface area (Å²) in [6.07, 6.45) is -9.49. The molecule has 0 aliphatic carbocycles. The molecular formula is C27H22F6N4O3. The monoisotopic (exact) mass is 564 g/mol. The van der Waals surface area contributed by atoms with Crippen LogP contribution < -0.4 is 10.9 Å². The van der Waals surface area contributed by atoms with Crippen LogP contribution in [0.3, 0.4) is 0 Å². The molecule has 7 nitrogen and oxygen atoms in total. The maximum Gasteiger partial charge on any atom is 0.416 e. The Morgan fingerprint density at radius 2 is 1.52 bits per heavy atom. The summed E-state index contributed by atoms with van der Waals surface area (Å²) in [6, 6.07) is 13.5. The molecule has 2 N–H and O–H groups in total. The summed E-state index contributed by atoms with van der Waals surface area (Å²) in [7, 11) is 1.54. The third-order valence-corrected chi connectivity index (χ3v) is 6.08. The van der Waals surface area contributed by atoms with E-state index in [1.807, 2.05) is 0 Å². The molecule has 1 heterocycles. The molecule has 1 amide bonds. The predicted molar refractivity (Wildman–Crippen MR) is 133 cm³/mol. The van der Waals surface area contributed by atoms with E-state index in [-0.39, 0.29) is 41.9 Å². The van der Waals surface area contributed by atoms with Crippen LogP contribution in [0.4, 0.5) is 32.0 Å². The second-order valence-corrected chi connectivity index (χ2v) is 8.90. The van der Waals surface area contributed by atoms with Crippen molar-refractivity contribution in [2.75, 3.05) is 6.54 Å². The minimum atomic E-state index is -4.63. The average molecular weight is 564 g/mol. The highest BCUT2D eigenvalue weighted by Crippen LogP contribution is 2.33. The molecule has 0 spiro atoms. The van der Waals surface area contributed by atoms with E-state index in [0.29, 0.717) is 11.1 Å². The minimum Gasteiger partial charge on any atom is -0.481 e. The van der Waals surface area contributed by atoms with Crippen LogP contribution in [0.5, 0.6) is 0 Å². The number of nitrogens with one attached hydrogen (secondary N) is 1. The number of aliphatic carboxylic acids is 1. The Kier molecular flexibility index (Phi) is 7.76. The fourth-order valence-electron chi connectivity index (χ4n) is 4.08. The number of nitrogens with zero attached hydrogens (tertiary/aromatic N) is 3. The van der Waals surface area contributed by atoms with Gasteiger partial charge >= 0.3 is 18.3 Å². The molecule has 0 atom stereocenters. The number of aromatic nitrogens is 2.